The van der Waals surface area contributed by atoms with Gasteiger partial charge in [0.05, 0.1) is 12.9 Å². The highest BCUT2D eigenvalue weighted by Crippen LogP contribution is 2.32. The molecular formula is C12H16O4S. The summed E-state index contributed by atoms with van der Waals surface area (Å²) >= 11 is 0. The molecule has 0 bridgehead atoms. The highest BCUT2D eigenvalue weighted by molar-refractivity contribution is 7.91. The molecule has 0 aromatic heterocycles. The van der Waals surface area contributed by atoms with Crippen LogP contribution in [0.25, 0.3) is 0 Å². The third-order valence-electron chi connectivity index (χ3n) is 2.62. The van der Waals surface area contributed by atoms with E-state index in [0.29, 0.717) is 5.56 Å². The van der Waals surface area contributed by atoms with E-state index in [1.54, 1.807) is 26.0 Å². The normalized spacial score (nSPS) is 13.1. The van der Waals surface area contributed by atoms with Crippen LogP contribution in [0.1, 0.15) is 25.3 Å². The van der Waals surface area contributed by atoms with Crippen molar-refractivity contribution in [3.63, 3.8) is 0 Å². The summed E-state index contributed by atoms with van der Waals surface area (Å²) in [5.41, 5.74) is 0.594. The minimum absolute atomic E-state index is 0.00227. The van der Waals surface area contributed by atoms with Gasteiger partial charge in [0, 0.05) is 11.5 Å². The molecular weight excluding hydrogens is 240 g/mol. The second-order valence-corrected chi connectivity index (χ2v) is 5.95. The SMILES string of the molecule is CCS(=O)(=O)c1cccc(C(C)C=O)c1OC. The molecule has 4 nitrogen and oxygen atoms in total. The number of carbonyl (C=O) groups excluding carboxylic acids is 1. The highest BCUT2D eigenvalue weighted by Gasteiger charge is 2.21. The molecule has 0 radical (unpaired) electrons. The summed E-state index contributed by atoms with van der Waals surface area (Å²) in [6.07, 6.45) is 0.764. The molecule has 0 heterocycles. The Hall–Kier alpha value is -1.36. The number of benzene rings is 1. The van der Waals surface area contributed by atoms with Crippen LogP contribution >= 0.6 is 0 Å². The van der Waals surface area contributed by atoms with E-state index in [9.17, 15) is 13.2 Å². The summed E-state index contributed by atoms with van der Waals surface area (Å²) in [6, 6.07) is 4.83. The number of aldehydes is 1. The molecule has 5 heteroatoms. The Morgan fingerprint density at radius 1 is 1.41 bits per heavy atom. The van der Waals surface area contributed by atoms with Crippen molar-refractivity contribution in [2.75, 3.05) is 12.9 Å². The minimum Gasteiger partial charge on any atom is -0.495 e. The maximum absolute atomic E-state index is 11.9. The number of rotatable bonds is 5. The van der Waals surface area contributed by atoms with Crippen LogP contribution in [0.15, 0.2) is 23.1 Å². The summed E-state index contributed by atoms with van der Waals surface area (Å²) in [6.45, 7) is 3.28. The molecule has 1 atom stereocenters. The summed E-state index contributed by atoms with van der Waals surface area (Å²) in [4.78, 5) is 10.9. The van der Waals surface area contributed by atoms with Crippen LogP contribution in [0.3, 0.4) is 0 Å². The van der Waals surface area contributed by atoms with Crippen molar-refractivity contribution in [2.45, 2.75) is 24.7 Å². The number of hydrogen-bond acceptors (Lipinski definition) is 4. The van der Waals surface area contributed by atoms with Gasteiger partial charge in [-0.05, 0) is 6.07 Å². The summed E-state index contributed by atoms with van der Waals surface area (Å²) in [5.74, 6) is -0.117. The van der Waals surface area contributed by atoms with E-state index in [4.69, 9.17) is 4.74 Å². The molecule has 0 spiro atoms. The maximum Gasteiger partial charge on any atom is 0.181 e. The van der Waals surface area contributed by atoms with Gasteiger partial charge in [-0.1, -0.05) is 26.0 Å². The zero-order valence-corrected chi connectivity index (χ0v) is 11.0. The molecule has 1 aromatic rings. The third kappa shape index (κ3) is 2.66. The number of carbonyl (C=O) groups is 1. The fourth-order valence-corrected chi connectivity index (χ4v) is 2.66. The van der Waals surface area contributed by atoms with Crippen LogP contribution in [0.5, 0.6) is 5.75 Å². The topological polar surface area (TPSA) is 60.4 Å². The number of ether oxygens (including phenoxy) is 1. The van der Waals surface area contributed by atoms with Gasteiger partial charge in [0.2, 0.25) is 0 Å². The number of hydrogen-bond donors (Lipinski definition) is 0. The van der Waals surface area contributed by atoms with Crippen LogP contribution in [0.2, 0.25) is 0 Å². The van der Waals surface area contributed by atoms with Crippen LogP contribution in [-0.4, -0.2) is 27.6 Å². The van der Waals surface area contributed by atoms with Crippen molar-refractivity contribution in [2.24, 2.45) is 0 Å². The molecule has 0 aliphatic rings. The molecule has 1 rings (SSSR count). The monoisotopic (exact) mass is 256 g/mol. The van der Waals surface area contributed by atoms with Crippen molar-refractivity contribution in [3.8, 4) is 5.75 Å². The third-order valence-corrected chi connectivity index (χ3v) is 4.37. The molecule has 0 amide bonds. The Morgan fingerprint density at radius 2 is 2.06 bits per heavy atom. The van der Waals surface area contributed by atoms with Gasteiger partial charge in [0.25, 0.3) is 0 Å². The van der Waals surface area contributed by atoms with E-state index in [0.717, 1.165) is 6.29 Å². The van der Waals surface area contributed by atoms with Gasteiger partial charge in [0.15, 0.2) is 9.84 Å². The zero-order chi connectivity index (χ0) is 13.1. The molecule has 0 N–H and O–H groups in total. The summed E-state index contributed by atoms with van der Waals surface area (Å²) in [7, 11) is -1.94. The molecule has 0 fully saturated rings. The maximum atomic E-state index is 11.9. The van der Waals surface area contributed by atoms with Gasteiger partial charge >= 0.3 is 0 Å². The first kappa shape index (κ1) is 13.7. The molecule has 0 aliphatic carbocycles. The zero-order valence-electron chi connectivity index (χ0n) is 10.1. The average molecular weight is 256 g/mol. The first-order valence-electron chi connectivity index (χ1n) is 5.32. The van der Waals surface area contributed by atoms with Gasteiger partial charge in [-0.25, -0.2) is 8.42 Å². The molecule has 94 valence electrons. The quantitative estimate of drug-likeness (QED) is 0.754. The molecule has 17 heavy (non-hydrogen) atoms. The van der Waals surface area contributed by atoms with Crippen LogP contribution in [0.4, 0.5) is 0 Å². The van der Waals surface area contributed by atoms with E-state index in [2.05, 4.69) is 0 Å². The fraction of sp³-hybridized carbons (Fsp3) is 0.417. The fourth-order valence-electron chi connectivity index (χ4n) is 1.58. The van der Waals surface area contributed by atoms with Crippen molar-refractivity contribution < 1.29 is 17.9 Å². The second-order valence-electron chi connectivity index (χ2n) is 3.71. The van der Waals surface area contributed by atoms with Crippen molar-refractivity contribution in [3.05, 3.63) is 23.8 Å². The summed E-state index contributed by atoms with van der Waals surface area (Å²) < 4.78 is 28.9. The minimum atomic E-state index is -3.35. The Morgan fingerprint density at radius 3 is 2.53 bits per heavy atom. The lowest BCUT2D eigenvalue weighted by atomic mass is 10.0. The van der Waals surface area contributed by atoms with Crippen LogP contribution in [0, 0.1) is 0 Å². The lowest BCUT2D eigenvalue weighted by molar-refractivity contribution is -0.108. The Balaban J connectivity index is 3.49. The van der Waals surface area contributed by atoms with Gasteiger partial charge in [0.1, 0.15) is 16.9 Å². The van der Waals surface area contributed by atoms with Gasteiger partial charge in [-0.3, -0.25) is 0 Å². The van der Waals surface area contributed by atoms with E-state index >= 15 is 0 Å². The molecule has 0 aliphatic heterocycles. The molecule has 0 saturated heterocycles. The highest BCUT2D eigenvalue weighted by atomic mass is 32.2. The van der Waals surface area contributed by atoms with Gasteiger partial charge in [-0.2, -0.15) is 0 Å². The average Bonchev–Trinajstić information content (AvgIpc) is 2.36. The second kappa shape index (κ2) is 5.31. The molecule has 0 saturated carbocycles. The largest absolute Gasteiger partial charge is 0.495 e. The first-order valence-corrected chi connectivity index (χ1v) is 6.98. The van der Waals surface area contributed by atoms with E-state index in [1.165, 1.54) is 13.2 Å². The summed E-state index contributed by atoms with van der Waals surface area (Å²) in [5, 5.41) is 0. The van der Waals surface area contributed by atoms with Crippen molar-refractivity contribution >= 4 is 16.1 Å². The van der Waals surface area contributed by atoms with Gasteiger partial charge in [-0.15, -0.1) is 0 Å². The van der Waals surface area contributed by atoms with Crippen LogP contribution in [-0.2, 0) is 14.6 Å². The predicted molar refractivity (Wildman–Crippen MR) is 65.2 cm³/mol. The number of methoxy groups -OCH3 is 1. The predicted octanol–water partition coefficient (Wildman–Crippen LogP) is 1.79. The van der Waals surface area contributed by atoms with Crippen molar-refractivity contribution in [1.29, 1.82) is 0 Å². The molecule has 1 unspecified atom stereocenters. The Kier molecular flexibility index (Phi) is 4.28. The van der Waals surface area contributed by atoms with E-state index < -0.39 is 15.8 Å². The number of sulfone groups is 1. The lowest BCUT2D eigenvalue weighted by Gasteiger charge is -2.14. The van der Waals surface area contributed by atoms with E-state index in [-0.39, 0.29) is 16.4 Å². The van der Waals surface area contributed by atoms with Gasteiger partial charge < -0.3 is 9.53 Å². The lowest BCUT2D eigenvalue weighted by Crippen LogP contribution is -2.08. The van der Waals surface area contributed by atoms with E-state index in [1.807, 2.05) is 0 Å². The van der Waals surface area contributed by atoms with Crippen LogP contribution < -0.4 is 4.74 Å². The smallest absolute Gasteiger partial charge is 0.181 e. The molecule has 1 aromatic carbocycles. The Labute approximate surface area is 102 Å². The van der Waals surface area contributed by atoms with Crippen molar-refractivity contribution in [1.82, 2.24) is 0 Å². The first-order chi connectivity index (χ1) is 7.97. The Bertz CT molecular complexity index is 505. The standard InChI is InChI=1S/C12H16O4S/c1-4-17(14,15)11-7-5-6-10(9(2)8-13)12(11)16-3/h5-9H,4H2,1-3H3. The number of para-hydroxylation sites is 1.